The number of aryl methyl sites for hydroxylation is 2. The molecule has 0 spiro atoms. The summed E-state index contributed by atoms with van der Waals surface area (Å²) in [7, 11) is 0. The van der Waals surface area contributed by atoms with Crippen molar-refractivity contribution in [1.29, 1.82) is 0 Å². The number of nitrogens with one attached hydrogen (secondary N) is 1. The van der Waals surface area contributed by atoms with E-state index in [0.29, 0.717) is 11.6 Å². The monoisotopic (exact) mass is 303 g/mol. The van der Waals surface area contributed by atoms with Gasteiger partial charge < -0.3 is 10.1 Å². The minimum atomic E-state index is 0.220. The smallest absolute Gasteiger partial charge is 0.138 e. The molecule has 0 aliphatic heterocycles. The zero-order valence-electron chi connectivity index (χ0n) is 13.0. The van der Waals surface area contributed by atoms with Gasteiger partial charge in [-0.05, 0) is 51.5 Å². The number of hydrogen-bond donors (Lipinski definition) is 1. The lowest BCUT2D eigenvalue weighted by molar-refractivity contribution is 0.340. The molecule has 0 bridgehead atoms. The van der Waals surface area contributed by atoms with Gasteiger partial charge in [0, 0.05) is 11.7 Å². The van der Waals surface area contributed by atoms with Gasteiger partial charge in [0.05, 0.1) is 11.6 Å². The van der Waals surface area contributed by atoms with E-state index in [2.05, 4.69) is 44.3 Å². The predicted octanol–water partition coefficient (Wildman–Crippen LogP) is 5.53. The fourth-order valence-corrected chi connectivity index (χ4v) is 2.69. The number of benzene rings is 2. The molecule has 3 heteroatoms. The van der Waals surface area contributed by atoms with Crippen LogP contribution in [0, 0.1) is 13.8 Å². The van der Waals surface area contributed by atoms with Gasteiger partial charge in [-0.1, -0.05) is 40.9 Å². The van der Waals surface area contributed by atoms with Crippen molar-refractivity contribution in [2.75, 3.05) is 11.9 Å². The fourth-order valence-electron chi connectivity index (χ4n) is 2.46. The molecule has 1 N–H and O–H groups in total. The summed E-state index contributed by atoms with van der Waals surface area (Å²) in [6, 6.07) is 12.6. The Morgan fingerprint density at radius 1 is 1.10 bits per heavy atom. The van der Waals surface area contributed by atoms with Gasteiger partial charge in [-0.2, -0.15) is 0 Å². The normalized spacial score (nSPS) is 12.0. The lowest BCUT2D eigenvalue weighted by Gasteiger charge is -2.18. The molecule has 0 saturated heterocycles. The summed E-state index contributed by atoms with van der Waals surface area (Å²) < 4.78 is 5.45. The van der Waals surface area contributed by atoms with Gasteiger partial charge in [-0.25, -0.2) is 0 Å². The Balaban J connectivity index is 2.15. The zero-order valence-corrected chi connectivity index (χ0v) is 13.8. The first-order chi connectivity index (χ1) is 9.99. The highest BCUT2D eigenvalue weighted by atomic mass is 35.5. The SMILES string of the molecule is CCOc1ccc(NC(C)c2cc(C)cc(C)c2)cc1Cl. The Hall–Kier alpha value is -1.67. The highest BCUT2D eigenvalue weighted by Crippen LogP contribution is 2.29. The van der Waals surface area contributed by atoms with Gasteiger partial charge in [-0.15, -0.1) is 0 Å². The third kappa shape index (κ3) is 4.15. The molecule has 2 aromatic carbocycles. The molecular formula is C18H22ClNO. The average molecular weight is 304 g/mol. The molecule has 1 unspecified atom stereocenters. The second-order valence-corrected chi connectivity index (χ2v) is 5.77. The summed E-state index contributed by atoms with van der Waals surface area (Å²) in [5.74, 6) is 0.726. The van der Waals surface area contributed by atoms with Crippen LogP contribution in [0.5, 0.6) is 5.75 Å². The van der Waals surface area contributed by atoms with Crippen molar-refractivity contribution in [1.82, 2.24) is 0 Å². The van der Waals surface area contributed by atoms with E-state index in [9.17, 15) is 0 Å². The predicted molar refractivity (Wildman–Crippen MR) is 90.6 cm³/mol. The second kappa shape index (κ2) is 6.86. The van der Waals surface area contributed by atoms with Crippen molar-refractivity contribution >= 4 is 17.3 Å². The van der Waals surface area contributed by atoms with E-state index < -0.39 is 0 Å². The Kier molecular flexibility index (Phi) is 5.13. The molecule has 2 aromatic rings. The lowest BCUT2D eigenvalue weighted by atomic mass is 10.0. The standard InChI is InChI=1S/C18H22ClNO/c1-5-21-18-7-6-16(11-17(18)19)20-14(4)15-9-12(2)8-13(3)10-15/h6-11,14,20H,5H2,1-4H3. The molecule has 0 aliphatic rings. The van der Waals surface area contributed by atoms with Crippen LogP contribution in [0.2, 0.25) is 5.02 Å². The van der Waals surface area contributed by atoms with E-state index >= 15 is 0 Å². The first-order valence-corrected chi connectivity index (χ1v) is 7.64. The van der Waals surface area contributed by atoms with Crippen LogP contribution in [0.4, 0.5) is 5.69 Å². The number of halogens is 1. The van der Waals surface area contributed by atoms with Crippen LogP contribution in [0.15, 0.2) is 36.4 Å². The van der Waals surface area contributed by atoms with Crippen LogP contribution in [0.1, 0.15) is 36.6 Å². The summed E-state index contributed by atoms with van der Waals surface area (Å²) in [5, 5.41) is 4.12. The molecule has 2 nitrogen and oxygen atoms in total. The summed E-state index contributed by atoms with van der Waals surface area (Å²) in [5.41, 5.74) is 4.83. The summed E-state index contributed by atoms with van der Waals surface area (Å²) >= 11 is 6.22. The number of hydrogen-bond acceptors (Lipinski definition) is 2. The molecule has 1 atom stereocenters. The highest BCUT2D eigenvalue weighted by Gasteiger charge is 2.08. The first kappa shape index (κ1) is 15.7. The second-order valence-electron chi connectivity index (χ2n) is 5.37. The maximum absolute atomic E-state index is 6.22. The zero-order chi connectivity index (χ0) is 15.4. The van der Waals surface area contributed by atoms with Crippen LogP contribution in [-0.4, -0.2) is 6.61 Å². The number of anilines is 1. The Morgan fingerprint density at radius 3 is 2.33 bits per heavy atom. The molecule has 2 rings (SSSR count). The molecule has 0 saturated carbocycles. The summed E-state index contributed by atoms with van der Waals surface area (Å²) in [6.45, 7) is 8.96. The topological polar surface area (TPSA) is 21.3 Å². The van der Waals surface area contributed by atoms with Crippen molar-refractivity contribution in [2.24, 2.45) is 0 Å². The molecular weight excluding hydrogens is 282 g/mol. The van der Waals surface area contributed by atoms with Gasteiger partial charge >= 0.3 is 0 Å². The minimum absolute atomic E-state index is 0.220. The van der Waals surface area contributed by atoms with E-state index in [1.807, 2.05) is 25.1 Å². The molecule has 21 heavy (non-hydrogen) atoms. The largest absolute Gasteiger partial charge is 0.492 e. The van der Waals surface area contributed by atoms with Crippen LogP contribution < -0.4 is 10.1 Å². The molecule has 0 heterocycles. The van der Waals surface area contributed by atoms with Crippen molar-refractivity contribution in [2.45, 2.75) is 33.7 Å². The highest BCUT2D eigenvalue weighted by molar-refractivity contribution is 6.32. The Morgan fingerprint density at radius 2 is 1.76 bits per heavy atom. The van der Waals surface area contributed by atoms with E-state index in [4.69, 9.17) is 16.3 Å². The number of rotatable bonds is 5. The first-order valence-electron chi connectivity index (χ1n) is 7.26. The van der Waals surface area contributed by atoms with Gasteiger partial charge in [-0.3, -0.25) is 0 Å². The van der Waals surface area contributed by atoms with Crippen LogP contribution in [0.3, 0.4) is 0 Å². The molecule has 0 aromatic heterocycles. The minimum Gasteiger partial charge on any atom is -0.492 e. The van der Waals surface area contributed by atoms with Gasteiger partial charge in [0.2, 0.25) is 0 Å². The Bertz CT molecular complexity index is 604. The molecule has 0 aliphatic carbocycles. The third-order valence-electron chi connectivity index (χ3n) is 3.36. The van der Waals surface area contributed by atoms with Crippen LogP contribution in [-0.2, 0) is 0 Å². The van der Waals surface area contributed by atoms with Crippen molar-refractivity contribution in [3.8, 4) is 5.75 Å². The molecule has 0 amide bonds. The van der Waals surface area contributed by atoms with Gasteiger partial charge in [0.25, 0.3) is 0 Å². The summed E-state index contributed by atoms with van der Waals surface area (Å²) in [6.07, 6.45) is 0. The van der Waals surface area contributed by atoms with Crippen LogP contribution in [0.25, 0.3) is 0 Å². The maximum atomic E-state index is 6.22. The fraction of sp³-hybridized carbons (Fsp3) is 0.333. The molecule has 0 fully saturated rings. The molecule has 112 valence electrons. The summed E-state index contributed by atoms with van der Waals surface area (Å²) in [4.78, 5) is 0. The quantitative estimate of drug-likeness (QED) is 0.784. The van der Waals surface area contributed by atoms with Crippen molar-refractivity contribution in [3.05, 3.63) is 58.1 Å². The molecule has 0 radical (unpaired) electrons. The van der Waals surface area contributed by atoms with E-state index in [1.54, 1.807) is 0 Å². The maximum Gasteiger partial charge on any atom is 0.138 e. The third-order valence-corrected chi connectivity index (χ3v) is 3.65. The van der Waals surface area contributed by atoms with Gasteiger partial charge in [0.15, 0.2) is 0 Å². The van der Waals surface area contributed by atoms with Crippen molar-refractivity contribution in [3.63, 3.8) is 0 Å². The van der Waals surface area contributed by atoms with Crippen molar-refractivity contribution < 1.29 is 4.74 Å². The van der Waals surface area contributed by atoms with E-state index in [1.165, 1.54) is 16.7 Å². The van der Waals surface area contributed by atoms with E-state index in [-0.39, 0.29) is 6.04 Å². The van der Waals surface area contributed by atoms with Gasteiger partial charge in [0.1, 0.15) is 5.75 Å². The van der Waals surface area contributed by atoms with Crippen LogP contribution >= 0.6 is 11.6 Å². The van der Waals surface area contributed by atoms with E-state index in [0.717, 1.165) is 11.4 Å². The Labute approximate surface area is 132 Å². The lowest BCUT2D eigenvalue weighted by Crippen LogP contribution is -2.07. The number of ether oxygens (including phenoxy) is 1. The average Bonchev–Trinajstić information content (AvgIpc) is 2.41.